The van der Waals surface area contributed by atoms with E-state index in [2.05, 4.69) is 10.3 Å². The molecule has 5 nitrogen and oxygen atoms in total. The number of hydrogen-bond donors (Lipinski definition) is 1. The van der Waals surface area contributed by atoms with E-state index in [0.29, 0.717) is 23.5 Å². The van der Waals surface area contributed by atoms with Gasteiger partial charge in [0.1, 0.15) is 0 Å². The highest BCUT2D eigenvalue weighted by molar-refractivity contribution is 7.94. The second kappa shape index (κ2) is 7.41. The molecule has 3 rings (SSSR count). The van der Waals surface area contributed by atoms with Gasteiger partial charge in [-0.1, -0.05) is 25.7 Å². The van der Waals surface area contributed by atoms with Crippen molar-refractivity contribution in [1.82, 2.24) is 4.98 Å². The number of aromatic nitrogens is 1. The van der Waals surface area contributed by atoms with Gasteiger partial charge in [-0.05, 0) is 44.4 Å². The Bertz CT molecular complexity index is 866. The summed E-state index contributed by atoms with van der Waals surface area (Å²) < 4.78 is 25.4. The van der Waals surface area contributed by atoms with Crippen LogP contribution in [0.4, 0.5) is 5.69 Å². The van der Waals surface area contributed by atoms with Gasteiger partial charge in [0, 0.05) is 12.1 Å². The Morgan fingerprint density at radius 2 is 2.04 bits per heavy atom. The van der Waals surface area contributed by atoms with Crippen LogP contribution in [0.15, 0.2) is 22.5 Å². The number of carbonyl (C=O) groups excluding carboxylic acids is 1. The Hall–Kier alpha value is -1.47. The van der Waals surface area contributed by atoms with Crippen LogP contribution in [0.1, 0.15) is 52.4 Å². The van der Waals surface area contributed by atoms with Crippen LogP contribution in [0.2, 0.25) is 0 Å². The lowest BCUT2D eigenvalue weighted by molar-refractivity contribution is -0.116. The summed E-state index contributed by atoms with van der Waals surface area (Å²) in [6, 6.07) is 5.35. The van der Waals surface area contributed by atoms with Crippen molar-refractivity contribution >= 4 is 43.0 Å². The Kier molecular flexibility index (Phi) is 5.43. The third-order valence-corrected chi connectivity index (χ3v) is 8.35. The van der Waals surface area contributed by atoms with Crippen LogP contribution in [-0.2, 0) is 14.6 Å². The van der Waals surface area contributed by atoms with Gasteiger partial charge >= 0.3 is 0 Å². The molecule has 0 spiro atoms. The van der Waals surface area contributed by atoms with E-state index in [1.54, 1.807) is 32.0 Å². The number of benzene rings is 1. The van der Waals surface area contributed by atoms with E-state index in [1.807, 2.05) is 0 Å². The van der Waals surface area contributed by atoms with Gasteiger partial charge in [0.25, 0.3) is 0 Å². The Morgan fingerprint density at radius 3 is 2.72 bits per heavy atom. The fourth-order valence-corrected chi connectivity index (χ4v) is 5.84. The van der Waals surface area contributed by atoms with Gasteiger partial charge in [-0.3, -0.25) is 4.79 Å². The molecule has 0 bridgehead atoms. The fraction of sp³-hybridized carbons (Fsp3) is 0.556. The Labute approximate surface area is 152 Å². The molecule has 25 heavy (non-hydrogen) atoms. The van der Waals surface area contributed by atoms with Gasteiger partial charge in [-0.15, -0.1) is 11.3 Å². The number of sulfone groups is 1. The number of carbonyl (C=O) groups is 1. The van der Waals surface area contributed by atoms with Crippen LogP contribution >= 0.6 is 11.3 Å². The Morgan fingerprint density at radius 1 is 1.32 bits per heavy atom. The molecule has 1 aromatic carbocycles. The first-order valence-electron chi connectivity index (χ1n) is 8.80. The topological polar surface area (TPSA) is 76.1 Å². The van der Waals surface area contributed by atoms with E-state index in [4.69, 9.17) is 0 Å². The third kappa shape index (κ3) is 4.20. The van der Waals surface area contributed by atoms with E-state index < -0.39 is 15.1 Å². The molecular weight excluding hydrogens is 356 g/mol. The van der Waals surface area contributed by atoms with E-state index in [1.165, 1.54) is 25.7 Å². The first kappa shape index (κ1) is 18.3. The summed E-state index contributed by atoms with van der Waals surface area (Å²) in [6.45, 7) is 3.30. The summed E-state index contributed by atoms with van der Waals surface area (Å²) >= 11 is 1.16. The molecule has 1 saturated carbocycles. The van der Waals surface area contributed by atoms with Crippen molar-refractivity contribution in [3.05, 3.63) is 18.2 Å². The average molecular weight is 381 g/mol. The molecule has 1 aromatic heterocycles. The SMILES string of the molecule is CC(C)S(=O)(=O)c1nc2ccc(NC(=O)CCC3CCCC3)cc2s1. The van der Waals surface area contributed by atoms with Crippen molar-refractivity contribution in [2.45, 2.75) is 62.0 Å². The van der Waals surface area contributed by atoms with Crippen LogP contribution in [0, 0.1) is 5.92 Å². The number of fused-ring (bicyclic) bond motifs is 1. The average Bonchev–Trinajstić information content (AvgIpc) is 3.22. The molecule has 0 unspecified atom stereocenters. The smallest absolute Gasteiger partial charge is 0.224 e. The summed E-state index contributed by atoms with van der Waals surface area (Å²) in [5.74, 6) is 0.712. The lowest BCUT2D eigenvalue weighted by Crippen LogP contribution is -2.13. The van der Waals surface area contributed by atoms with Crippen molar-refractivity contribution in [3.8, 4) is 0 Å². The summed E-state index contributed by atoms with van der Waals surface area (Å²) in [5, 5.41) is 2.42. The van der Waals surface area contributed by atoms with Crippen LogP contribution < -0.4 is 5.32 Å². The molecule has 1 N–H and O–H groups in total. The number of nitrogens with one attached hydrogen (secondary N) is 1. The maximum absolute atomic E-state index is 12.3. The first-order valence-corrected chi connectivity index (χ1v) is 11.2. The molecule has 0 aliphatic heterocycles. The largest absolute Gasteiger partial charge is 0.326 e. The molecule has 0 radical (unpaired) electrons. The summed E-state index contributed by atoms with van der Waals surface area (Å²) in [6.07, 6.45) is 6.55. The lowest BCUT2D eigenvalue weighted by Gasteiger charge is -2.09. The van der Waals surface area contributed by atoms with Crippen molar-refractivity contribution < 1.29 is 13.2 Å². The van der Waals surface area contributed by atoms with E-state index >= 15 is 0 Å². The normalized spacial score (nSPS) is 16.0. The van der Waals surface area contributed by atoms with Gasteiger partial charge in [0.2, 0.25) is 20.1 Å². The van der Waals surface area contributed by atoms with Gasteiger partial charge in [-0.2, -0.15) is 0 Å². The number of nitrogens with zero attached hydrogens (tertiary/aromatic N) is 1. The highest BCUT2D eigenvalue weighted by atomic mass is 32.2. The van der Waals surface area contributed by atoms with Crippen LogP contribution in [0.25, 0.3) is 10.2 Å². The fourth-order valence-electron chi connectivity index (χ4n) is 3.16. The molecule has 2 aromatic rings. The number of anilines is 1. The van der Waals surface area contributed by atoms with Crippen molar-refractivity contribution in [3.63, 3.8) is 0 Å². The maximum atomic E-state index is 12.3. The van der Waals surface area contributed by atoms with Crippen LogP contribution in [0.3, 0.4) is 0 Å². The number of hydrogen-bond acceptors (Lipinski definition) is 5. The summed E-state index contributed by atoms with van der Waals surface area (Å²) in [4.78, 5) is 16.4. The van der Waals surface area contributed by atoms with Gasteiger partial charge < -0.3 is 5.32 Å². The van der Waals surface area contributed by atoms with Crippen LogP contribution in [-0.4, -0.2) is 24.6 Å². The predicted molar refractivity (Wildman–Crippen MR) is 102 cm³/mol. The van der Waals surface area contributed by atoms with Gasteiger partial charge in [-0.25, -0.2) is 13.4 Å². The minimum Gasteiger partial charge on any atom is -0.326 e. The van der Waals surface area contributed by atoms with E-state index in [9.17, 15) is 13.2 Å². The molecule has 0 saturated heterocycles. The van der Waals surface area contributed by atoms with Gasteiger partial charge in [0.15, 0.2) is 0 Å². The Balaban J connectivity index is 1.69. The number of amides is 1. The maximum Gasteiger partial charge on any atom is 0.224 e. The molecule has 7 heteroatoms. The quantitative estimate of drug-likeness (QED) is 0.806. The van der Waals surface area contributed by atoms with Crippen molar-refractivity contribution in [2.24, 2.45) is 5.92 Å². The monoisotopic (exact) mass is 380 g/mol. The zero-order valence-electron chi connectivity index (χ0n) is 14.6. The van der Waals surface area contributed by atoms with E-state index in [0.717, 1.165) is 22.5 Å². The van der Waals surface area contributed by atoms with Crippen molar-refractivity contribution in [2.75, 3.05) is 5.32 Å². The third-order valence-electron chi connectivity index (χ3n) is 4.77. The first-order chi connectivity index (χ1) is 11.9. The molecule has 1 heterocycles. The number of thiazole rings is 1. The standard InChI is InChI=1S/C18H24N2O3S2/c1-12(2)25(22,23)18-20-15-9-8-14(11-16(15)24-18)19-17(21)10-7-13-5-3-4-6-13/h8-9,11-13H,3-7,10H2,1-2H3,(H,19,21). The lowest BCUT2D eigenvalue weighted by atomic mass is 10.0. The summed E-state index contributed by atoms with van der Waals surface area (Å²) in [7, 11) is -3.37. The number of rotatable bonds is 6. The zero-order chi connectivity index (χ0) is 18.0. The second-order valence-corrected chi connectivity index (χ2v) is 10.7. The van der Waals surface area contributed by atoms with Crippen molar-refractivity contribution in [1.29, 1.82) is 0 Å². The molecule has 1 aliphatic carbocycles. The van der Waals surface area contributed by atoms with Crippen LogP contribution in [0.5, 0.6) is 0 Å². The highest BCUT2D eigenvalue weighted by Crippen LogP contribution is 2.31. The molecular formula is C18H24N2O3S2. The molecule has 1 aliphatic rings. The minimum atomic E-state index is -3.37. The molecule has 1 fully saturated rings. The molecule has 0 atom stereocenters. The summed E-state index contributed by atoms with van der Waals surface area (Å²) in [5.41, 5.74) is 1.34. The minimum absolute atomic E-state index is 0.0193. The zero-order valence-corrected chi connectivity index (χ0v) is 16.3. The molecule has 136 valence electrons. The van der Waals surface area contributed by atoms with E-state index in [-0.39, 0.29) is 10.2 Å². The predicted octanol–water partition coefficient (Wildman–Crippen LogP) is 4.39. The molecule has 1 amide bonds. The van der Waals surface area contributed by atoms with Gasteiger partial charge in [0.05, 0.1) is 15.5 Å². The second-order valence-electron chi connectivity index (χ2n) is 6.99. The highest BCUT2D eigenvalue weighted by Gasteiger charge is 2.23.